The van der Waals surface area contributed by atoms with Gasteiger partial charge in [-0.2, -0.15) is 0 Å². The molecule has 0 aliphatic carbocycles. The van der Waals surface area contributed by atoms with Crippen LogP contribution in [0.5, 0.6) is 0 Å². The molecule has 0 N–H and O–H groups in total. The van der Waals surface area contributed by atoms with Gasteiger partial charge in [0, 0.05) is 21.3 Å². The topological polar surface area (TPSA) is 0 Å². The number of benzene rings is 2. The summed E-state index contributed by atoms with van der Waals surface area (Å²) < 4.78 is 0. The normalized spacial score (nSPS) is 14.3. The van der Waals surface area contributed by atoms with Crippen molar-refractivity contribution >= 4 is 46.9 Å². The van der Waals surface area contributed by atoms with Gasteiger partial charge in [-0.25, -0.2) is 0 Å². The minimum Gasteiger partial charge on any atom is -0.0720 e. The van der Waals surface area contributed by atoms with Crippen LogP contribution in [0.4, 0.5) is 0 Å². The minimum atomic E-state index is -1.62. The first-order valence-corrected chi connectivity index (χ1v) is 29.3. The van der Waals surface area contributed by atoms with Gasteiger partial charge in [0.25, 0.3) is 0 Å². The van der Waals surface area contributed by atoms with Crippen molar-refractivity contribution in [3.63, 3.8) is 0 Å². The smallest absolute Gasteiger partial charge is 0.0676 e. The highest BCUT2D eigenvalue weighted by Crippen LogP contribution is 2.43. The highest BCUT2D eigenvalue weighted by Gasteiger charge is 2.70. The SMILES string of the molecule is C[Si](C)(C)[Si]([Si](C)(C)C)([Si](C)(C)c1ccccc1)[Si](C)(C)c1ccccc1. The molecule has 2 aromatic carbocycles. The van der Waals surface area contributed by atoms with E-state index >= 15 is 0 Å². The lowest BCUT2D eigenvalue weighted by Crippen LogP contribution is -2.97. The van der Waals surface area contributed by atoms with Crippen molar-refractivity contribution in [3.05, 3.63) is 60.7 Å². The second-order valence-corrected chi connectivity index (χ2v) is 63.9. The molecule has 5 heteroatoms. The van der Waals surface area contributed by atoms with Crippen molar-refractivity contribution < 1.29 is 0 Å². The summed E-state index contributed by atoms with van der Waals surface area (Å²) in [5, 5.41) is 3.44. The summed E-state index contributed by atoms with van der Waals surface area (Å²) in [6, 6.07) is 23.4. The molecule has 0 bridgehead atoms. The Hall–Kier alpha value is -0.476. The van der Waals surface area contributed by atoms with Crippen LogP contribution in [0.1, 0.15) is 0 Å². The monoisotopic (exact) mass is 444 g/mol. The van der Waals surface area contributed by atoms with E-state index in [1.165, 1.54) is 0 Å². The van der Waals surface area contributed by atoms with Crippen molar-refractivity contribution in [2.45, 2.75) is 65.5 Å². The molecule has 0 saturated heterocycles. The first kappa shape index (κ1) is 22.8. The highest BCUT2D eigenvalue weighted by molar-refractivity contribution is 8.08. The lowest BCUT2D eigenvalue weighted by Gasteiger charge is -2.65. The number of hydrogen-bond donors (Lipinski definition) is 0. The first-order chi connectivity index (χ1) is 12.2. The van der Waals surface area contributed by atoms with Crippen molar-refractivity contribution in [3.8, 4) is 0 Å². The van der Waals surface area contributed by atoms with E-state index in [2.05, 4.69) is 126 Å². The second kappa shape index (κ2) is 7.41. The van der Waals surface area contributed by atoms with E-state index in [4.69, 9.17) is 0 Å². The van der Waals surface area contributed by atoms with Crippen LogP contribution in [0.2, 0.25) is 65.5 Å². The molecule has 2 aromatic rings. The van der Waals surface area contributed by atoms with Gasteiger partial charge in [0.1, 0.15) is 0 Å². The van der Waals surface area contributed by atoms with E-state index in [0.717, 1.165) is 0 Å². The van der Waals surface area contributed by atoms with Gasteiger partial charge in [-0.15, -0.1) is 0 Å². The van der Waals surface area contributed by atoms with Crippen LogP contribution in [0.25, 0.3) is 0 Å². The third kappa shape index (κ3) is 3.50. The van der Waals surface area contributed by atoms with Crippen molar-refractivity contribution in [1.82, 2.24) is 0 Å². The predicted octanol–water partition coefficient (Wildman–Crippen LogP) is 5.66. The van der Waals surface area contributed by atoms with Gasteiger partial charge in [0.2, 0.25) is 0 Å². The summed E-state index contributed by atoms with van der Waals surface area (Å²) in [7, 11) is -6.02. The Morgan fingerprint density at radius 1 is 0.407 bits per heavy atom. The maximum absolute atomic E-state index is 2.77. The molecule has 0 fully saturated rings. The summed E-state index contributed by atoms with van der Waals surface area (Å²) in [4.78, 5) is 0. The Balaban J connectivity index is 2.97. The minimum absolute atomic E-state index is 1.38. The Kier molecular flexibility index (Phi) is 6.26. The predicted molar refractivity (Wildman–Crippen MR) is 140 cm³/mol. The third-order valence-electron chi connectivity index (χ3n) is 7.12. The van der Waals surface area contributed by atoms with Gasteiger partial charge in [-0.1, -0.05) is 137 Å². The Morgan fingerprint density at radius 2 is 0.667 bits per heavy atom. The first-order valence-electron chi connectivity index (χ1n) is 10.3. The molecule has 0 saturated carbocycles. The van der Waals surface area contributed by atoms with Crippen LogP contribution in [0.3, 0.4) is 0 Å². The molecule has 27 heavy (non-hydrogen) atoms. The zero-order valence-corrected chi connectivity index (χ0v) is 24.3. The molecule has 0 unspecified atom stereocenters. The maximum atomic E-state index is 2.77. The van der Waals surface area contributed by atoms with E-state index < -0.39 is 36.5 Å². The zero-order valence-electron chi connectivity index (χ0n) is 19.3. The van der Waals surface area contributed by atoms with E-state index in [-0.39, 0.29) is 0 Å². The van der Waals surface area contributed by atoms with Crippen LogP contribution < -0.4 is 10.4 Å². The average Bonchev–Trinajstić information content (AvgIpc) is 2.53. The number of hydrogen-bond acceptors (Lipinski definition) is 0. The summed E-state index contributed by atoms with van der Waals surface area (Å²) >= 11 is 0. The molecular formula is C22H40Si5. The summed E-state index contributed by atoms with van der Waals surface area (Å²) in [6.07, 6.45) is -1.58. The van der Waals surface area contributed by atoms with Crippen LogP contribution in [-0.4, -0.2) is 36.5 Å². The van der Waals surface area contributed by atoms with Gasteiger partial charge in [0.15, 0.2) is 0 Å². The van der Waals surface area contributed by atoms with Gasteiger partial charge >= 0.3 is 0 Å². The maximum Gasteiger partial charge on any atom is 0.0676 e. The zero-order chi connectivity index (χ0) is 20.7. The molecule has 148 valence electrons. The summed E-state index contributed by atoms with van der Waals surface area (Å²) in [5.41, 5.74) is 0. The molecule has 0 aromatic heterocycles. The highest BCUT2D eigenvalue weighted by atomic mass is 30.2. The molecule has 2 rings (SSSR count). The fraction of sp³-hybridized carbons (Fsp3) is 0.455. The van der Waals surface area contributed by atoms with Crippen molar-refractivity contribution in [2.24, 2.45) is 0 Å². The molecule has 0 radical (unpaired) electrons. The van der Waals surface area contributed by atoms with Crippen molar-refractivity contribution in [1.29, 1.82) is 0 Å². The van der Waals surface area contributed by atoms with E-state index in [1.54, 1.807) is 10.4 Å². The Morgan fingerprint density at radius 3 is 0.889 bits per heavy atom. The largest absolute Gasteiger partial charge is 0.0720 e. The molecule has 0 heterocycles. The van der Waals surface area contributed by atoms with E-state index in [9.17, 15) is 0 Å². The molecule has 0 aliphatic rings. The Labute approximate surface area is 172 Å². The number of rotatable bonds is 6. The molecule has 0 spiro atoms. The molecular weight excluding hydrogens is 405 g/mol. The van der Waals surface area contributed by atoms with Gasteiger partial charge in [-0.05, 0) is 0 Å². The fourth-order valence-corrected chi connectivity index (χ4v) is 169. The van der Waals surface area contributed by atoms with Gasteiger partial charge in [0.05, 0.1) is 15.2 Å². The standard InChI is InChI=1S/C22H40Si5/c1-23(2,3)27(24(4,5)6,25(7,8)21-17-13-11-14-18-21)26(9,10)22-19-15-12-16-20-22/h11-20H,1-10H3. The molecule has 0 nitrogen and oxygen atoms in total. The lowest BCUT2D eigenvalue weighted by molar-refractivity contribution is 1.69. The summed E-state index contributed by atoms with van der Waals surface area (Å²) in [6.45, 7) is 27.5. The van der Waals surface area contributed by atoms with Gasteiger partial charge in [-0.3, -0.25) is 0 Å². The van der Waals surface area contributed by atoms with Crippen LogP contribution in [0, 0.1) is 0 Å². The molecule has 0 aliphatic heterocycles. The van der Waals surface area contributed by atoms with E-state index in [1.807, 2.05) is 0 Å². The Bertz CT molecular complexity index is 685. The molecule has 0 amide bonds. The molecule has 0 atom stereocenters. The van der Waals surface area contributed by atoms with Crippen molar-refractivity contribution in [2.75, 3.05) is 0 Å². The average molecular weight is 445 g/mol. The lowest BCUT2D eigenvalue weighted by atomic mass is 10.4. The van der Waals surface area contributed by atoms with Crippen LogP contribution in [0.15, 0.2) is 60.7 Å². The third-order valence-corrected chi connectivity index (χ3v) is 120. The van der Waals surface area contributed by atoms with E-state index in [0.29, 0.717) is 0 Å². The fourth-order valence-electron chi connectivity index (χ4n) is 7.80. The quantitative estimate of drug-likeness (QED) is 0.504. The summed E-state index contributed by atoms with van der Waals surface area (Å²) in [5.74, 6) is 0. The van der Waals surface area contributed by atoms with Crippen LogP contribution >= 0.6 is 0 Å². The second-order valence-electron chi connectivity index (χ2n) is 11.2. The van der Waals surface area contributed by atoms with Gasteiger partial charge < -0.3 is 0 Å². The van der Waals surface area contributed by atoms with Crippen LogP contribution in [-0.2, 0) is 0 Å².